The van der Waals surface area contributed by atoms with Crippen LogP contribution in [0.3, 0.4) is 0 Å². The third kappa shape index (κ3) is 4.01. The summed E-state index contributed by atoms with van der Waals surface area (Å²) in [5.74, 6) is 0.440. The summed E-state index contributed by atoms with van der Waals surface area (Å²) in [7, 11) is 2.09. The fourth-order valence-corrected chi connectivity index (χ4v) is 5.54. The Morgan fingerprint density at radius 1 is 1.06 bits per heavy atom. The van der Waals surface area contributed by atoms with Crippen molar-refractivity contribution in [1.82, 2.24) is 24.6 Å². The molecule has 4 aromatic rings. The molecular formula is C29H35N5O. The average molecular weight is 470 g/mol. The van der Waals surface area contributed by atoms with Crippen molar-refractivity contribution in [3.63, 3.8) is 0 Å². The number of aromatic amines is 1. The Balaban J connectivity index is 1.55. The Kier molecular flexibility index (Phi) is 5.90. The highest BCUT2D eigenvalue weighted by atomic mass is 16.3. The van der Waals surface area contributed by atoms with Crippen LogP contribution in [-0.2, 0) is 12.1 Å². The van der Waals surface area contributed by atoms with Crippen LogP contribution < -0.4 is 0 Å². The Morgan fingerprint density at radius 2 is 1.80 bits per heavy atom. The Labute approximate surface area is 207 Å². The van der Waals surface area contributed by atoms with Gasteiger partial charge in [0.05, 0.1) is 11.4 Å². The van der Waals surface area contributed by atoms with Crippen LogP contribution in [0.4, 0.5) is 0 Å². The molecule has 0 aliphatic carbocycles. The van der Waals surface area contributed by atoms with Gasteiger partial charge >= 0.3 is 0 Å². The van der Waals surface area contributed by atoms with Crippen LogP contribution in [0.5, 0.6) is 0 Å². The second-order valence-corrected chi connectivity index (χ2v) is 10.6. The van der Waals surface area contributed by atoms with Gasteiger partial charge in [-0.05, 0) is 49.2 Å². The Hall–Kier alpha value is -3.22. The number of aromatic nitrogens is 4. The number of pyridine rings is 1. The van der Waals surface area contributed by atoms with Gasteiger partial charge in [-0.3, -0.25) is 10.1 Å². The van der Waals surface area contributed by atoms with E-state index in [1.807, 2.05) is 18.3 Å². The Bertz CT molecular complexity index is 1310. The molecule has 1 aliphatic rings. The molecule has 0 amide bonds. The standard InChI is InChI=1S/C29H35N5O/c1-6-34-12-11-22(17-34)26-14-27(32-31-26)23-13-25(16-30-15-23)29(35,28(4)18-33(5)19-28)24-9-7-21(8-10-24)20(2)3/h7-17,20,35H,6,18-19H2,1-5H3,(H,31,32)/t29-/m0/s1. The van der Waals surface area contributed by atoms with Gasteiger partial charge in [0.2, 0.25) is 0 Å². The molecule has 0 saturated carbocycles. The molecule has 2 N–H and O–H groups in total. The highest BCUT2D eigenvalue weighted by Gasteiger charge is 2.55. The number of H-pyrrole nitrogens is 1. The second-order valence-electron chi connectivity index (χ2n) is 10.6. The van der Waals surface area contributed by atoms with Gasteiger partial charge in [0.1, 0.15) is 5.60 Å². The summed E-state index contributed by atoms with van der Waals surface area (Å²) < 4.78 is 2.14. The summed E-state index contributed by atoms with van der Waals surface area (Å²) >= 11 is 0. The van der Waals surface area contributed by atoms with Crippen molar-refractivity contribution in [2.75, 3.05) is 20.1 Å². The van der Waals surface area contributed by atoms with E-state index in [9.17, 15) is 5.11 Å². The van der Waals surface area contributed by atoms with Gasteiger partial charge in [-0.25, -0.2) is 0 Å². The maximum atomic E-state index is 12.5. The molecule has 6 nitrogen and oxygen atoms in total. The summed E-state index contributed by atoms with van der Waals surface area (Å²) in [6, 6.07) is 14.6. The first-order valence-corrected chi connectivity index (χ1v) is 12.4. The molecule has 0 bridgehead atoms. The van der Waals surface area contributed by atoms with Gasteiger partial charge in [-0.2, -0.15) is 5.10 Å². The maximum absolute atomic E-state index is 12.5. The van der Waals surface area contributed by atoms with Gasteiger partial charge in [-0.15, -0.1) is 0 Å². The topological polar surface area (TPSA) is 70.0 Å². The average Bonchev–Trinajstić information content (AvgIpc) is 3.52. The first-order chi connectivity index (χ1) is 16.7. The lowest BCUT2D eigenvalue weighted by molar-refractivity contribution is -0.127. The molecule has 0 unspecified atom stereocenters. The number of nitrogens with zero attached hydrogens (tertiary/aromatic N) is 4. The fraction of sp³-hybridized carbons (Fsp3) is 0.379. The fourth-order valence-electron chi connectivity index (χ4n) is 5.54. The molecule has 1 aliphatic heterocycles. The van der Waals surface area contributed by atoms with Crippen molar-refractivity contribution in [3.05, 3.63) is 83.9 Å². The highest BCUT2D eigenvalue weighted by Crippen LogP contribution is 2.50. The molecular weight excluding hydrogens is 434 g/mol. The number of likely N-dealkylation sites (tertiary alicyclic amines) is 1. The smallest absolute Gasteiger partial charge is 0.124 e. The first-order valence-electron chi connectivity index (χ1n) is 12.4. The molecule has 35 heavy (non-hydrogen) atoms. The summed E-state index contributed by atoms with van der Waals surface area (Å²) in [5, 5.41) is 20.2. The number of rotatable bonds is 7. The van der Waals surface area contributed by atoms with Crippen LogP contribution in [0.25, 0.3) is 22.5 Å². The summed E-state index contributed by atoms with van der Waals surface area (Å²) in [6.07, 6.45) is 7.80. The first kappa shape index (κ1) is 23.5. The van der Waals surface area contributed by atoms with E-state index < -0.39 is 5.60 Å². The third-order valence-electron chi connectivity index (χ3n) is 7.56. The lowest BCUT2D eigenvalue weighted by Gasteiger charge is -2.55. The van der Waals surface area contributed by atoms with Crippen molar-refractivity contribution in [2.24, 2.45) is 5.41 Å². The zero-order valence-corrected chi connectivity index (χ0v) is 21.3. The molecule has 1 fully saturated rings. The van der Waals surface area contributed by atoms with E-state index in [1.165, 1.54) is 5.56 Å². The molecule has 1 saturated heterocycles. The molecule has 4 heterocycles. The maximum Gasteiger partial charge on any atom is 0.124 e. The monoisotopic (exact) mass is 469 g/mol. The number of hydrogen-bond acceptors (Lipinski definition) is 4. The molecule has 0 radical (unpaired) electrons. The van der Waals surface area contributed by atoms with Crippen LogP contribution in [0.15, 0.2) is 67.3 Å². The van der Waals surface area contributed by atoms with E-state index in [4.69, 9.17) is 0 Å². The van der Waals surface area contributed by atoms with E-state index in [-0.39, 0.29) is 5.41 Å². The SMILES string of the molecule is CCn1ccc(-c2cc(-c3cncc([C@@](O)(c4ccc(C(C)C)cc4)C4(C)CN(C)C4)c3)n[nH]2)c1. The van der Waals surface area contributed by atoms with Gasteiger partial charge in [0.15, 0.2) is 0 Å². The summed E-state index contributed by atoms with van der Waals surface area (Å²) in [5.41, 5.74) is 5.22. The predicted octanol–water partition coefficient (Wildman–Crippen LogP) is 5.27. The van der Waals surface area contributed by atoms with Crippen molar-refractivity contribution < 1.29 is 5.11 Å². The van der Waals surface area contributed by atoms with Crippen LogP contribution in [-0.4, -0.2) is 49.9 Å². The quantitative estimate of drug-likeness (QED) is 0.387. The number of benzene rings is 1. The lowest BCUT2D eigenvalue weighted by atomic mass is 9.62. The van der Waals surface area contributed by atoms with Crippen LogP contribution in [0.1, 0.15) is 50.3 Å². The molecule has 5 rings (SSSR count). The summed E-state index contributed by atoms with van der Waals surface area (Å²) in [6.45, 7) is 11.2. The van der Waals surface area contributed by atoms with E-state index >= 15 is 0 Å². The minimum atomic E-state index is -1.17. The molecule has 0 spiro atoms. The number of aryl methyl sites for hydroxylation is 1. The van der Waals surface area contributed by atoms with Crippen LogP contribution in [0, 0.1) is 5.41 Å². The molecule has 6 heteroatoms. The van der Waals surface area contributed by atoms with Crippen molar-refractivity contribution in [1.29, 1.82) is 0 Å². The zero-order chi connectivity index (χ0) is 24.8. The van der Waals surface area contributed by atoms with Crippen LogP contribution in [0.2, 0.25) is 0 Å². The van der Waals surface area contributed by atoms with E-state index in [2.05, 4.69) is 102 Å². The molecule has 182 valence electrons. The third-order valence-corrected chi connectivity index (χ3v) is 7.56. The second kappa shape index (κ2) is 8.77. The lowest BCUT2D eigenvalue weighted by Crippen LogP contribution is -2.63. The normalized spacial score (nSPS) is 17.3. The largest absolute Gasteiger partial charge is 0.380 e. The van der Waals surface area contributed by atoms with Crippen LogP contribution >= 0.6 is 0 Å². The predicted molar refractivity (Wildman–Crippen MR) is 140 cm³/mol. The van der Waals surface area contributed by atoms with Gasteiger partial charge in [0.25, 0.3) is 0 Å². The number of hydrogen-bond donors (Lipinski definition) is 2. The number of aliphatic hydroxyl groups is 1. The van der Waals surface area contributed by atoms with Crippen molar-refractivity contribution in [2.45, 2.75) is 45.8 Å². The van der Waals surface area contributed by atoms with Crippen molar-refractivity contribution in [3.8, 4) is 22.5 Å². The van der Waals surface area contributed by atoms with Gasteiger partial charge in [-0.1, -0.05) is 45.0 Å². The Morgan fingerprint density at radius 3 is 2.43 bits per heavy atom. The summed E-state index contributed by atoms with van der Waals surface area (Å²) in [4.78, 5) is 6.80. The molecule has 1 atom stereocenters. The van der Waals surface area contributed by atoms with Crippen molar-refractivity contribution >= 4 is 0 Å². The minimum absolute atomic E-state index is 0.332. The van der Waals surface area contributed by atoms with Gasteiger partial charge in [0, 0.05) is 66.5 Å². The zero-order valence-electron chi connectivity index (χ0n) is 21.3. The molecule has 3 aromatic heterocycles. The van der Waals surface area contributed by atoms with E-state index in [0.717, 1.165) is 53.3 Å². The van der Waals surface area contributed by atoms with E-state index in [1.54, 1.807) is 6.20 Å². The number of nitrogens with one attached hydrogen (secondary N) is 1. The minimum Gasteiger partial charge on any atom is -0.380 e. The highest BCUT2D eigenvalue weighted by molar-refractivity contribution is 5.68. The molecule has 1 aromatic carbocycles. The van der Waals surface area contributed by atoms with Gasteiger partial charge < -0.3 is 14.6 Å². The van der Waals surface area contributed by atoms with E-state index in [0.29, 0.717) is 5.92 Å².